The van der Waals surface area contributed by atoms with Crippen LogP contribution in [0.4, 0.5) is 0 Å². The fraction of sp³-hybridized carbons (Fsp3) is 0.273. The fourth-order valence-corrected chi connectivity index (χ4v) is 2.47. The van der Waals surface area contributed by atoms with Gasteiger partial charge in [0.1, 0.15) is 5.75 Å². The Kier molecular flexibility index (Phi) is 7.45. The lowest BCUT2D eigenvalue weighted by Gasteiger charge is -2.11. The van der Waals surface area contributed by atoms with Crippen LogP contribution >= 0.6 is 0 Å². The number of esters is 1. The number of rotatable bonds is 6. The third-order valence-electron chi connectivity index (χ3n) is 3.70. The van der Waals surface area contributed by atoms with E-state index in [1.165, 1.54) is 0 Å². The van der Waals surface area contributed by atoms with Crippen LogP contribution in [0.3, 0.4) is 0 Å². The Hall–Kier alpha value is -3.06. The summed E-state index contributed by atoms with van der Waals surface area (Å²) < 4.78 is 10.5. The fourth-order valence-electron chi connectivity index (χ4n) is 2.47. The highest BCUT2D eigenvalue weighted by molar-refractivity contribution is 6.05. The maximum absolute atomic E-state index is 12.6. The highest BCUT2D eigenvalue weighted by atomic mass is 16.5. The van der Waals surface area contributed by atoms with Gasteiger partial charge in [-0.1, -0.05) is 54.2 Å². The van der Waals surface area contributed by atoms with Crippen molar-refractivity contribution >= 4 is 11.5 Å². The molecule has 2 aromatic carbocycles. The molecule has 4 nitrogen and oxygen atoms in total. The number of ether oxygens (including phenoxy) is 2. The van der Waals surface area contributed by atoms with Crippen molar-refractivity contribution in [3.63, 3.8) is 0 Å². The standard InChI is InChI=1S/C22H24NO3/c1-4-15-23-16-20(22(24)26-5-2)21(17-9-7-6-8-10-17)18-11-13-19(25-3)14-12-18/h6-14H,4-5,15H2,1-3H3/q+1. The molecule has 0 spiro atoms. The van der Waals surface area contributed by atoms with E-state index in [1.807, 2.05) is 61.5 Å². The van der Waals surface area contributed by atoms with Gasteiger partial charge in [-0.25, -0.2) is 4.79 Å². The minimum atomic E-state index is -0.429. The van der Waals surface area contributed by atoms with E-state index in [9.17, 15) is 4.79 Å². The highest BCUT2D eigenvalue weighted by Crippen LogP contribution is 2.29. The SMILES string of the molecule is CCC[N+]#CC(C(=O)OCC)=C(c1ccccc1)c1ccc(OC)cc1. The van der Waals surface area contributed by atoms with E-state index >= 15 is 0 Å². The maximum Gasteiger partial charge on any atom is 0.354 e. The predicted molar refractivity (Wildman–Crippen MR) is 104 cm³/mol. The van der Waals surface area contributed by atoms with Crippen molar-refractivity contribution in [2.75, 3.05) is 20.3 Å². The Morgan fingerprint density at radius 3 is 2.23 bits per heavy atom. The first kappa shape index (κ1) is 19.3. The number of nitrogens with zero attached hydrogens (tertiary/aromatic N) is 1. The first-order valence-electron chi connectivity index (χ1n) is 8.75. The van der Waals surface area contributed by atoms with Crippen LogP contribution in [0.1, 0.15) is 31.4 Å². The molecule has 0 saturated carbocycles. The Morgan fingerprint density at radius 2 is 1.65 bits per heavy atom. The smallest absolute Gasteiger partial charge is 0.354 e. The molecule has 0 aromatic heterocycles. The molecule has 0 saturated heterocycles. The molecule has 134 valence electrons. The summed E-state index contributed by atoms with van der Waals surface area (Å²) >= 11 is 0. The van der Waals surface area contributed by atoms with E-state index in [1.54, 1.807) is 14.0 Å². The van der Waals surface area contributed by atoms with Crippen LogP contribution < -0.4 is 4.74 Å². The van der Waals surface area contributed by atoms with Crippen molar-refractivity contribution in [1.82, 2.24) is 0 Å². The number of carbonyl (C=O) groups is 1. The lowest BCUT2D eigenvalue weighted by molar-refractivity contribution is -0.137. The van der Waals surface area contributed by atoms with Gasteiger partial charge in [0, 0.05) is 12.0 Å². The van der Waals surface area contributed by atoms with Gasteiger partial charge in [0.25, 0.3) is 6.54 Å². The molecule has 0 amide bonds. The Morgan fingerprint density at radius 1 is 1.00 bits per heavy atom. The Bertz CT molecular complexity index is 812. The van der Waals surface area contributed by atoms with Crippen molar-refractivity contribution in [1.29, 1.82) is 0 Å². The lowest BCUT2D eigenvalue weighted by Crippen LogP contribution is -2.09. The summed E-state index contributed by atoms with van der Waals surface area (Å²) in [5.41, 5.74) is 2.85. The summed E-state index contributed by atoms with van der Waals surface area (Å²) in [5, 5.41) is 0. The van der Waals surface area contributed by atoms with Gasteiger partial charge in [-0.2, -0.15) is 0 Å². The zero-order chi connectivity index (χ0) is 18.8. The van der Waals surface area contributed by atoms with Crippen molar-refractivity contribution in [2.45, 2.75) is 20.3 Å². The van der Waals surface area contributed by atoms with Crippen LogP contribution in [-0.2, 0) is 9.53 Å². The average Bonchev–Trinajstić information content (AvgIpc) is 2.68. The summed E-state index contributed by atoms with van der Waals surface area (Å²) in [5.74, 6) is 0.324. The highest BCUT2D eigenvalue weighted by Gasteiger charge is 2.23. The summed E-state index contributed by atoms with van der Waals surface area (Å²) in [6.07, 6.45) is 0.881. The maximum atomic E-state index is 12.6. The number of methoxy groups -OCH3 is 1. The molecular weight excluding hydrogens is 326 g/mol. The molecule has 26 heavy (non-hydrogen) atoms. The van der Waals surface area contributed by atoms with E-state index in [0.29, 0.717) is 18.7 Å². The lowest BCUT2D eigenvalue weighted by atomic mass is 9.93. The van der Waals surface area contributed by atoms with Gasteiger partial charge < -0.3 is 9.47 Å². The Labute approximate surface area is 154 Å². The summed E-state index contributed by atoms with van der Waals surface area (Å²) in [7, 11) is 1.62. The molecule has 0 heterocycles. The quantitative estimate of drug-likeness (QED) is 0.427. The third-order valence-corrected chi connectivity index (χ3v) is 3.70. The molecule has 0 unspecified atom stereocenters. The van der Waals surface area contributed by atoms with Crippen LogP contribution in [0.2, 0.25) is 0 Å². The second-order valence-corrected chi connectivity index (χ2v) is 5.56. The van der Waals surface area contributed by atoms with Crippen LogP contribution in [0.15, 0.2) is 60.2 Å². The Balaban J connectivity index is 2.69. The van der Waals surface area contributed by atoms with E-state index in [2.05, 4.69) is 10.9 Å². The second kappa shape index (κ2) is 10.0. The van der Waals surface area contributed by atoms with Crippen LogP contribution in [0.5, 0.6) is 5.75 Å². The minimum absolute atomic E-state index is 0.294. The summed E-state index contributed by atoms with van der Waals surface area (Å²) in [6.45, 7) is 4.71. The van der Waals surface area contributed by atoms with Gasteiger partial charge in [0.05, 0.1) is 13.7 Å². The molecule has 0 aliphatic rings. The third kappa shape index (κ3) is 4.97. The van der Waals surface area contributed by atoms with Crippen molar-refractivity contribution in [2.24, 2.45) is 0 Å². The zero-order valence-electron chi connectivity index (χ0n) is 15.5. The predicted octanol–water partition coefficient (Wildman–Crippen LogP) is 4.80. The number of carbonyl (C=O) groups excluding carboxylic acids is 1. The first-order valence-corrected chi connectivity index (χ1v) is 8.75. The van der Waals surface area contributed by atoms with Gasteiger partial charge >= 0.3 is 12.0 Å². The molecule has 2 rings (SSSR count). The van der Waals surface area contributed by atoms with Gasteiger partial charge in [0.2, 0.25) is 0 Å². The zero-order valence-corrected chi connectivity index (χ0v) is 15.5. The molecule has 0 fully saturated rings. The van der Waals surface area contributed by atoms with Crippen molar-refractivity contribution in [3.05, 3.63) is 76.1 Å². The van der Waals surface area contributed by atoms with Gasteiger partial charge in [-0.15, -0.1) is 0 Å². The molecule has 0 aliphatic heterocycles. The summed E-state index contributed by atoms with van der Waals surface area (Å²) in [6, 6.07) is 20.2. The molecule has 0 N–H and O–H groups in total. The van der Waals surface area contributed by atoms with E-state index in [4.69, 9.17) is 9.47 Å². The van der Waals surface area contributed by atoms with Crippen molar-refractivity contribution in [3.8, 4) is 11.8 Å². The molecule has 0 aliphatic carbocycles. The topological polar surface area (TPSA) is 39.9 Å². The van der Waals surface area contributed by atoms with Gasteiger partial charge in [0.15, 0.2) is 5.57 Å². The summed E-state index contributed by atoms with van der Waals surface area (Å²) in [4.78, 5) is 16.9. The molecule has 0 atom stereocenters. The van der Waals surface area contributed by atoms with Gasteiger partial charge in [-0.3, -0.25) is 0 Å². The molecule has 0 radical (unpaired) electrons. The normalized spacial score (nSPS) is 11.0. The minimum Gasteiger partial charge on any atom is -0.497 e. The largest absolute Gasteiger partial charge is 0.497 e. The number of hydrogen-bond acceptors (Lipinski definition) is 3. The molecular formula is C22H24NO3+. The van der Waals surface area contributed by atoms with Gasteiger partial charge in [-0.05, 0) is 30.2 Å². The van der Waals surface area contributed by atoms with E-state index < -0.39 is 5.97 Å². The molecule has 0 bridgehead atoms. The number of benzene rings is 2. The van der Waals surface area contributed by atoms with E-state index in [-0.39, 0.29) is 0 Å². The first-order chi connectivity index (χ1) is 12.7. The monoisotopic (exact) mass is 350 g/mol. The van der Waals surface area contributed by atoms with Crippen LogP contribution in [0, 0.1) is 6.07 Å². The van der Waals surface area contributed by atoms with Crippen LogP contribution in [0.25, 0.3) is 10.4 Å². The average molecular weight is 350 g/mol. The number of hydrogen-bond donors (Lipinski definition) is 0. The molecule has 4 heteroatoms. The molecule has 2 aromatic rings. The van der Waals surface area contributed by atoms with Crippen LogP contribution in [-0.4, -0.2) is 26.2 Å². The van der Waals surface area contributed by atoms with Crippen molar-refractivity contribution < 1.29 is 14.3 Å². The second-order valence-electron chi connectivity index (χ2n) is 5.56. The van der Waals surface area contributed by atoms with E-state index in [0.717, 1.165) is 28.9 Å².